The first-order valence-electron chi connectivity index (χ1n) is 6.98. The topological polar surface area (TPSA) is 74.1 Å². The summed E-state index contributed by atoms with van der Waals surface area (Å²) in [5.41, 5.74) is 1.91. The number of imide groups is 1. The quantitative estimate of drug-likeness (QED) is 0.647. The van der Waals surface area contributed by atoms with Gasteiger partial charge in [-0.25, -0.2) is 4.90 Å². The van der Waals surface area contributed by atoms with Crippen molar-refractivity contribution in [3.8, 4) is 6.07 Å². The van der Waals surface area contributed by atoms with Gasteiger partial charge in [0.2, 0.25) is 0 Å². The maximum atomic E-state index is 12.6. The summed E-state index contributed by atoms with van der Waals surface area (Å²) in [6.45, 7) is 0. The number of fused-ring (bicyclic) bond motifs is 2. The van der Waals surface area contributed by atoms with E-state index in [0.29, 0.717) is 27.7 Å². The van der Waals surface area contributed by atoms with Crippen molar-refractivity contribution in [1.82, 2.24) is 4.98 Å². The van der Waals surface area contributed by atoms with Gasteiger partial charge in [-0.05, 0) is 36.4 Å². The fraction of sp³-hybridized carbons (Fsp3) is 0. The van der Waals surface area contributed by atoms with Crippen LogP contribution in [0.2, 0.25) is 0 Å². The molecule has 1 aliphatic heterocycles. The summed E-state index contributed by atoms with van der Waals surface area (Å²) in [6, 6.07) is 15.5. The zero-order valence-electron chi connectivity index (χ0n) is 11.9. The van der Waals surface area contributed by atoms with E-state index in [-0.39, 0.29) is 5.56 Å². The molecular weight excluding hydrogens is 290 g/mol. The normalized spacial score (nSPS) is 13.3. The van der Waals surface area contributed by atoms with E-state index in [2.05, 4.69) is 11.1 Å². The molecular formula is C18H9N3O2. The van der Waals surface area contributed by atoms with Crippen molar-refractivity contribution < 1.29 is 9.59 Å². The average molecular weight is 299 g/mol. The van der Waals surface area contributed by atoms with Gasteiger partial charge in [-0.2, -0.15) is 5.26 Å². The molecule has 4 rings (SSSR count). The molecule has 2 aromatic carbocycles. The Morgan fingerprint density at radius 2 is 1.61 bits per heavy atom. The number of amides is 2. The van der Waals surface area contributed by atoms with Crippen LogP contribution in [0.25, 0.3) is 10.9 Å². The number of hydrogen-bond donors (Lipinski definition) is 0. The molecule has 0 radical (unpaired) electrons. The van der Waals surface area contributed by atoms with Crippen LogP contribution in [0, 0.1) is 11.3 Å². The third-order valence-corrected chi connectivity index (χ3v) is 3.91. The van der Waals surface area contributed by atoms with E-state index < -0.39 is 11.8 Å². The maximum absolute atomic E-state index is 12.6. The maximum Gasteiger partial charge on any atom is 0.266 e. The molecule has 3 aromatic rings. The number of nitrogens with zero attached hydrogens (tertiary/aromatic N) is 3. The molecule has 2 heterocycles. The van der Waals surface area contributed by atoms with Gasteiger partial charge >= 0.3 is 0 Å². The second-order valence-corrected chi connectivity index (χ2v) is 5.13. The fourth-order valence-electron chi connectivity index (χ4n) is 2.85. The molecule has 0 saturated carbocycles. The van der Waals surface area contributed by atoms with Gasteiger partial charge in [-0.1, -0.05) is 12.1 Å². The fourth-order valence-corrected chi connectivity index (χ4v) is 2.85. The largest absolute Gasteiger partial charge is 0.268 e. The highest BCUT2D eigenvalue weighted by atomic mass is 16.2. The molecule has 23 heavy (non-hydrogen) atoms. The third-order valence-electron chi connectivity index (χ3n) is 3.91. The predicted octanol–water partition coefficient (Wildman–Crippen LogP) is 2.91. The number of nitriles is 1. The standard InChI is InChI=1S/C18H9N3O2/c19-10-14-11-6-3-9-20-15(11)7-8-16(14)21-17(22)12-4-1-2-5-13(12)18(21)23/h1-9H. The van der Waals surface area contributed by atoms with Crippen molar-refractivity contribution in [3.63, 3.8) is 0 Å². The van der Waals surface area contributed by atoms with Crippen LogP contribution >= 0.6 is 0 Å². The smallest absolute Gasteiger partial charge is 0.266 e. The van der Waals surface area contributed by atoms with Gasteiger partial charge in [0, 0.05) is 11.6 Å². The number of rotatable bonds is 1. The lowest BCUT2D eigenvalue weighted by molar-refractivity contribution is 0.0926. The minimum Gasteiger partial charge on any atom is -0.268 e. The highest BCUT2D eigenvalue weighted by Gasteiger charge is 2.37. The number of pyridine rings is 1. The summed E-state index contributed by atoms with van der Waals surface area (Å²) in [6.07, 6.45) is 1.63. The lowest BCUT2D eigenvalue weighted by Gasteiger charge is -2.16. The Bertz CT molecular complexity index is 999. The van der Waals surface area contributed by atoms with E-state index in [4.69, 9.17) is 0 Å². The number of carbonyl (C=O) groups is 2. The molecule has 5 heteroatoms. The van der Waals surface area contributed by atoms with Crippen molar-refractivity contribution in [2.75, 3.05) is 4.90 Å². The average Bonchev–Trinajstić information content (AvgIpc) is 2.85. The summed E-state index contributed by atoms with van der Waals surface area (Å²) in [4.78, 5) is 30.4. The first kappa shape index (κ1) is 13.2. The van der Waals surface area contributed by atoms with Crippen LogP contribution in [0.5, 0.6) is 0 Å². The molecule has 0 bridgehead atoms. The van der Waals surface area contributed by atoms with Gasteiger partial charge in [-0.15, -0.1) is 0 Å². The van der Waals surface area contributed by atoms with Gasteiger partial charge in [0.05, 0.1) is 27.9 Å². The summed E-state index contributed by atoms with van der Waals surface area (Å²) >= 11 is 0. The second kappa shape index (κ2) is 4.75. The van der Waals surface area contributed by atoms with E-state index in [1.807, 2.05) is 0 Å². The monoisotopic (exact) mass is 299 g/mol. The molecule has 0 unspecified atom stereocenters. The Labute approximate surface area is 131 Å². The van der Waals surface area contributed by atoms with Crippen LogP contribution < -0.4 is 4.90 Å². The molecule has 0 fully saturated rings. The number of hydrogen-bond acceptors (Lipinski definition) is 4. The van der Waals surface area contributed by atoms with E-state index in [1.165, 1.54) is 0 Å². The Morgan fingerprint density at radius 1 is 0.913 bits per heavy atom. The highest BCUT2D eigenvalue weighted by molar-refractivity contribution is 6.35. The van der Waals surface area contributed by atoms with E-state index in [0.717, 1.165) is 4.90 Å². The second-order valence-electron chi connectivity index (χ2n) is 5.13. The van der Waals surface area contributed by atoms with Crippen molar-refractivity contribution in [2.45, 2.75) is 0 Å². The Morgan fingerprint density at radius 3 is 2.26 bits per heavy atom. The number of benzene rings is 2. The van der Waals surface area contributed by atoms with E-state index in [9.17, 15) is 14.9 Å². The molecule has 0 atom stereocenters. The first-order chi connectivity index (χ1) is 11.2. The first-order valence-corrected chi connectivity index (χ1v) is 6.98. The lowest BCUT2D eigenvalue weighted by atomic mass is 10.1. The molecule has 1 aliphatic rings. The minimum atomic E-state index is -0.412. The van der Waals surface area contributed by atoms with Crippen LogP contribution in [0.15, 0.2) is 54.7 Å². The van der Waals surface area contributed by atoms with Gasteiger partial charge in [0.15, 0.2) is 0 Å². The van der Waals surface area contributed by atoms with Crippen molar-refractivity contribution in [2.24, 2.45) is 0 Å². The van der Waals surface area contributed by atoms with Gasteiger partial charge in [0.1, 0.15) is 6.07 Å². The van der Waals surface area contributed by atoms with Crippen molar-refractivity contribution >= 4 is 28.4 Å². The van der Waals surface area contributed by atoms with Gasteiger partial charge in [-0.3, -0.25) is 14.6 Å². The van der Waals surface area contributed by atoms with Crippen molar-refractivity contribution in [3.05, 3.63) is 71.4 Å². The van der Waals surface area contributed by atoms with Crippen molar-refractivity contribution in [1.29, 1.82) is 5.26 Å². The molecule has 108 valence electrons. The molecule has 2 amide bonds. The Kier molecular flexibility index (Phi) is 2.72. The highest BCUT2D eigenvalue weighted by Crippen LogP contribution is 2.33. The number of carbonyl (C=O) groups excluding carboxylic acids is 2. The third kappa shape index (κ3) is 1.75. The molecule has 5 nitrogen and oxygen atoms in total. The van der Waals surface area contributed by atoms with E-state index >= 15 is 0 Å². The molecule has 0 N–H and O–H groups in total. The zero-order valence-corrected chi connectivity index (χ0v) is 11.9. The lowest BCUT2D eigenvalue weighted by Crippen LogP contribution is -2.30. The summed E-state index contributed by atoms with van der Waals surface area (Å²) in [5.74, 6) is -0.823. The predicted molar refractivity (Wildman–Crippen MR) is 84.0 cm³/mol. The summed E-state index contributed by atoms with van der Waals surface area (Å²) < 4.78 is 0. The minimum absolute atomic E-state index is 0.269. The summed E-state index contributed by atoms with van der Waals surface area (Å²) in [5, 5.41) is 10.2. The van der Waals surface area contributed by atoms with Crippen LogP contribution in [-0.4, -0.2) is 16.8 Å². The molecule has 0 spiro atoms. The number of anilines is 1. The SMILES string of the molecule is N#Cc1c(N2C(=O)c3ccccc3C2=O)ccc2ncccc12. The molecule has 0 aliphatic carbocycles. The van der Waals surface area contributed by atoms with Crippen LogP contribution in [0.3, 0.4) is 0 Å². The Hall–Kier alpha value is -3.52. The zero-order chi connectivity index (χ0) is 16.0. The summed E-state index contributed by atoms with van der Waals surface area (Å²) in [7, 11) is 0. The number of aromatic nitrogens is 1. The Balaban J connectivity index is 1.97. The van der Waals surface area contributed by atoms with Crippen LogP contribution in [0.1, 0.15) is 26.3 Å². The van der Waals surface area contributed by atoms with Crippen LogP contribution in [0.4, 0.5) is 5.69 Å². The molecule has 1 aromatic heterocycles. The van der Waals surface area contributed by atoms with Crippen LogP contribution in [-0.2, 0) is 0 Å². The van der Waals surface area contributed by atoms with Gasteiger partial charge < -0.3 is 0 Å². The van der Waals surface area contributed by atoms with Gasteiger partial charge in [0.25, 0.3) is 11.8 Å². The molecule has 0 saturated heterocycles. The van der Waals surface area contributed by atoms with E-state index in [1.54, 1.807) is 54.7 Å².